The molecule has 35 heavy (non-hydrogen) atoms. The Hall–Kier alpha value is -3.62. The first-order valence-electron chi connectivity index (χ1n) is 11.0. The van der Waals surface area contributed by atoms with Crippen molar-refractivity contribution in [3.8, 4) is 21.9 Å². The molecule has 0 bridgehead atoms. The highest BCUT2D eigenvalue weighted by Crippen LogP contribution is 2.38. The first kappa shape index (κ1) is 23.1. The Labute approximate surface area is 211 Å². The number of amides is 1. The van der Waals surface area contributed by atoms with E-state index < -0.39 is 0 Å². The quantitative estimate of drug-likeness (QED) is 0.284. The maximum absolute atomic E-state index is 12.7. The van der Waals surface area contributed by atoms with Crippen LogP contribution >= 0.6 is 22.9 Å². The van der Waals surface area contributed by atoms with Crippen LogP contribution in [0.1, 0.15) is 39.7 Å². The van der Waals surface area contributed by atoms with Crippen LogP contribution in [-0.4, -0.2) is 27.7 Å². The molecule has 5 aromatic rings. The van der Waals surface area contributed by atoms with Crippen molar-refractivity contribution in [2.75, 3.05) is 7.05 Å². The third-order valence-corrected chi connectivity index (χ3v) is 7.33. The number of rotatable bonds is 6. The van der Waals surface area contributed by atoms with Crippen molar-refractivity contribution in [3.05, 3.63) is 81.8 Å². The molecule has 1 N–H and O–H groups in total. The maximum Gasteiger partial charge on any atom is 0.264 e. The van der Waals surface area contributed by atoms with Crippen molar-refractivity contribution in [1.29, 1.82) is 0 Å². The van der Waals surface area contributed by atoms with Crippen LogP contribution in [0.5, 0.6) is 5.75 Å². The van der Waals surface area contributed by atoms with Crippen molar-refractivity contribution in [1.82, 2.24) is 20.0 Å². The third kappa shape index (κ3) is 4.19. The van der Waals surface area contributed by atoms with Gasteiger partial charge in [-0.25, -0.2) is 4.98 Å². The number of hydrogen-bond donors (Lipinski definition) is 1. The molecule has 0 aliphatic rings. The highest BCUT2D eigenvalue weighted by atomic mass is 35.5. The van der Waals surface area contributed by atoms with E-state index in [1.165, 1.54) is 11.3 Å². The molecule has 1 atom stereocenters. The Morgan fingerprint density at radius 1 is 1.20 bits per heavy atom. The van der Waals surface area contributed by atoms with Crippen molar-refractivity contribution >= 4 is 39.9 Å². The Bertz CT molecular complexity index is 1530. The smallest absolute Gasteiger partial charge is 0.264 e. The van der Waals surface area contributed by atoms with Gasteiger partial charge in [0.05, 0.1) is 16.7 Å². The van der Waals surface area contributed by atoms with E-state index in [1.807, 2.05) is 73.9 Å². The molecule has 0 aliphatic carbocycles. The first-order valence-corrected chi connectivity index (χ1v) is 12.2. The molecule has 0 fully saturated rings. The number of nitrogens with zero attached hydrogens (tertiary/aromatic N) is 3. The van der Waals surface area contributed by atoms with Crippen molar-refractivity contribution < 1.29 is 14.1 Å². The zero-order valence-electron chi connectivity index (χ0n) is 19.6. The van der Waals surface area contributed by atoms with Crippen molar-refractivity contribution in [2.45, 2.75) is 26.9 Å². The lowest BCUT2D eigenvalue weighted by atomic mass is 10.0. The zero-order valence-corrected chi connectivity index (χ0v) is 21.2. The van der Waals surface area contributed by atoms with E-state index in [9.17, 15) is 4.79 Å². The Balaban J connectivity index is 1.53. The van der Waals surface area contributed by atoms with Gasteiger partial charge in [0.2, 0.25) is 0 Å². The van der Waals surface area contributed by atoms with Gasteiger partial charge in [0, 0.05) is 29.3 Å². The summed E-state index contributed by atoms with van der Waals surface area (Å²) < 4.78 is 13.5. The van der Waals surface area contributed by atoms with Gasteiger partial charge in [-0.1, -0.05) is 41.0 Å². The largest absolute Gasteiger partial charge is 0.484 e. The zero-order chi connectivity index (χ0) is 24.7. The average Bonchev–Trinajstić information content (AvgIpc) is 3.55. The minimum atomic E-state index is -0.341. The van der Waals surface area contributed by atoms with Crippen LogP contribution < -0.4 is 10.1 Å². The van der Waals surface area contributed by atoms with Crippen LogP contribution in [0, 0.1) is 13.8 Å². The fraction of sp³-hybridized carbons (Fsp3) is 0.192. The minimum Gasteiger partial charge on any atom is -0.484 e. The molecule has 5 rings (SSSR count). The Kier molecular flexibility index (Phi) is 6.08. The molecule has 0 spiro atoms. The van der Waals surface area contributed by atoms with E-state index in [2.05, 4.69) is 15.5 Å². The van der Waals surface area contributed by atoms with Crippen LogP contribution in [0.25, 0.3) is 27.2 Å². The molecule has 0 aliphatic heterocycles. The van der Waals surface area contributed by atoms with Crippen molar-refractivity contribution in [3.63, 3.8) is 0 Å². The number of benzene rings is 2. The summed E-state index contributed by atoms with van der Waals surface area (Å²) in [7, 11) is 1.60. The SMILES string of the molecule is CNC(=O)c1sc(-n2cnc3cc(-c4c(C)noc4C)ccc32)cc1OC(C)c1ccccc1Cl. The van der Waals surface area contributed by atoms with E-state index in [0.29, 0.717) is 15.6 Å². The molecule has 0 saturated heterocycles. The number of fused-ring (bicyclic) bond motifs is 1. The Morgan fingerprint density at radius 3 is 2.71 bits per heavy atom. The number of carbonyl (C=O) groups excluding carboxylic acids is 1. The van der Waals surface area contributed by atoms with Gasteiger partial charge in [0.15, 0.2) is 0 Å². The fourth-order valence-corrected chi connectivity index (χ4v) is 5.45. The van der Waals surface area contributed by atoms with Gasteiger partial charge >= 0.3 is 0 Å². The molecule has 3 heterocycles. The molecule has 178 valence electrons. The number of imidazole rings is 1. The van der Waals surface area contributed by atoms with Gasteiger partial charge in [0.1, 0.15) is 33.8 Å². The fourth-order valence-electron chi connectivity index (χ4n) is 4.14. The summed E-state index contributed by atoms with van der Waals surface area (Å²) in [4.78, 5) is 17.7. The first-order chi connectivity index (χ1) is 16.9. The predicted octanol–water partition coefficient (Wildman–Crippen LogP) is 6.51. The molecule has 1 unspecified atom stereocenters. The standard InChI is InChI=1S/C26H23ClN4O3S/c1-14-24(16(3)34-30-14)17-9-10-21-20(11-17)29-13-31(21)23-12-22(25(35-23)26(32)28-4)33-15(2)18-7-5-6-8-19(18)27/h5-13,15H,1-4H3,(H,28,32). The van der Waals surface area contributed by atoms with Crippen LogP contribution in [0.2, 0.25) is 5.02 Å². The van der Waals surface area contributed by atoms with E-state index in [4.69, 9.17) is 20.9 Å². The molecule has 9 heteroatoms. The lowest BCUT2D eigenvalue weighted by molar-refractivity contribution is 0.0961. The van der Waals surface area contributed by atoms with E-state index >= 15 is 0 Å². The van der Waals surface area contributed by atoms with Gasteiger partial charge in [-0.2, -0.15) is 0 Å². The molecule has 0 radical (unpaired) electrons. The lowest BCUT2D eigenvalue weighted by Crippen LogP contribution is -2.17. The lowest BCUT2D eigenvalue weighted by Gasteiger charge is -2.16. The topological polar surface area (TPSA) is 82.2 Å². The second-order valence-corrected chi connectivity index (χ2v) is 9.59. The second-order valence-electron chi connectivity index (χ2n) is 8.16. The minimum absolute atomic E-state index is 0.215. The van der Waals surface area contributed by atoms with Gasteiger partial charge in [0.25, 0.3) is 5.91 Å². The average molecular weight is 507 g/mol. The van der Waals surface area contributed by atoms with E-state index in [-0.39, 0.29) is 12.0 Å². The summed E-state index contributed by atoms with van der Waals surface area (Å²) in [5.41, 5.74) is 5.40. The molecule has 1 amide bonds. The van der Waals surface area contributed by atoms with Crippen LogP contribution in [-0.2, 0) is 0 Å². The van der Waals surface area contributed by atoms with Gasteiger partial charge in [-0.15, -0.1) is 11.3 Å². The predicted molar refractivity (Wildman–Crippen MR) is 138 cm³/mol. The number of aromatic nitrogens is 3. The van der Waals surface area contributed by atoms with Crippen LogP contribution in [0.15, 0.2) is 59.4 Å². The number of ether oxygens (including phenoxy) is 1. The monoisotopic (exact) mass is 506 g/mol. The molecule has 3 aromatic heterocycles. The molecule has 0 saturated carbocycles. The molecule has 7 nitrogen and oxygen atoms in total. The summed E-state index contributed by atoms with van der Waals surface area (Å²) in [5.74, 6) is 1.04. The van der Waals surface area contributed by atoms with Crippen LogP contribution in [0.3, 0.4) is 0 Å². The van der Waals surface area contributed by atoms with E-state index in [0.717, 1.165) is 44.2 Å². The van der Waals surface area contributed by atoms with Crippen molar-refractivity contribution in [2.24, 2.45) is 0 Å². The van der Waals surface area contributed by atoms with E-state index in [1.54, 1.807) is 13.4 Å². The van der Waals surface area contributed by atoms with Gasteiger partial charge in [-0.3, -0.25) is 9.36 Å². The number of nitrogens with one attached hydrogen (secondary N) is 1. The Morgan fingerprint density at radius 2 is 2.00 bits per heavy atom. The van der Waals surface area contributed by atoms with Gasteiger partial charge < -0.3 is 14.6 Å². The number of hydrogen-bond acceptors (Lipinski definition) is 6. The highest BCUT2D eigenvalue weighted by molar-refractivity contribution is 7.16. The second kappa shape index (κ2) is 9.20. The molecular formula is C26H23ClN4O3S. The summed E-state index contributed by atoms with van der Waals surface area (Å²) in [6.45, 7) is 5.73. The number of aryl methyl sites for hydroxylation is 2. The molecular weight excluding hydrogens is 484 g/mol. The maximum atomic E-state index is 12.7. The highest BCUT2D eigenvalue weighted by Gasteiger charge is 2.22. The summed E-state index contributed by atoms with van der Waals surface area (Å²) >= 11 is 7.70. The summed E-state index contributed by atoms with van der Waals surface area (Å²) in [6, 6.07) is 15.4. The number of halogens is 1. The summed E-state index contributed by atoms with van der Waals surface area (Å²) in [5, 5.41) is 8.19. The molecule has 2 aromatic carbocycles. The number of thiophene rings is 1. The normalized spacial score (nSPS) is 12.1. The third-order valence-electron chi connectivity index (χ3n) is 5.87. The van der Waals surface area contributed by atoms with Crippen LogP contribution in [0.4, 0.5) is 0 Å². The number of carbonyl (C=O) groups is 1. The summed E-state index contributed by atoms with van der Waals surface area (Å²) in [6.07, 6.45) is 1.41. The van der Waals surface area contributed by atoms with Gasteiger partial charge in [-0.05, 0) is 44.5 Å².